The molecule has 0 N–H and O–H groups in total. The minimum absolute atomic E-state index is 0.230. The highest BCUT2D eigenvalue weighted by atomic mass is 19.1. The SMILES string of the molecule is COc1cc(C=CC=O)ccc1OC(=O)c1ccc(F)cc1. The van der Waals surface area contributed by atoms with Gasteiger partial charge in [0.2, 0.25) is 0 Å². The molecule has 4 nitrogen and oxygen atoms in total. The Morgan fingerprint density at radius 3 is 2.45 bits per heavy atom. The lowest BCUT2D eigenvalue weighted by Gasteiger charge is -2.10. The summed E-state index contributed by atoms with van der Waals surface area (Å²) in [5.41, 5.74) is 0.957. The van der Waals surface area contributed by atoms with Crippen molar-refractivity contribution in [2.24, 2.45) is 0 Å². The number of methoxy groups -OCH3 is 1. The molecule has 0 saturated heterocycles. The molecule has 2 aromatic rings. The van der Waals surface area contributed by atoms with Gasteiger partial charge in [0.1, 0.15) is 12.1 Å². The standard InChI is InChI=1S/C17H13FO4/c1-21-16-11-12(3-2-10-19)4-9-15(16)22-17(20)13-5-7-14(18)8-6-13/h2-11H,1H3. The molecule has 0 aliphatic heterocycles. The first-order valence-corrected chi connectivity index (χ1v) is 6.41. The van der Waals surface area contributed by atoms with Crippen LogP contribution < -0.4 is 9.47 Å². The quantitative estimate of drug-likeness (QED) is 0.368. The largest absolute Gasteiger partial charge is 0.493 e. The Hall–Kier alpha value is -2.95. The molecule has 5 heteroatoms. The lowest BCUT2D eigenvalue weighted by atomic mass is 10.2. The van der Waals surface area contributed by atoms with E-state index in [1.807, 2.05) is 0 Å². The van der Waals surface area contributed by atoms with E-state index in [0.717, 1.165) is 5.56 Å². The fourth-order valence-corrected chi connectivity index (χ4v) is 1.77. The van der Waals surface area contributed by atoms with Gasteiger partial charge in [-0.15, -0.1) is 0 Å². The smallest absolute Gasteiger partial charge is 0.343 e. The second kappa shape index (κ2) is 7.17. The number of aldehydes is 1. The fraction of sp³-hybridized carbons (Fsp3) is 0.0588. The number of carbonyl (C=O) groups excluding carboxylic acids is 2. The Kier molecular flexibility index (Phi) is 5.03. The van der Waals surface area contributed by atoms with Gasteiger partial charge in [-0.1, -0.05) is 12.1 Å². The third-order valence-electron chi connectivity index (χ3n) is 2.84. The van der Waals surface area contributed by atoms with E-state index < -0.39 is 11.8 Å². The van der Waals surface area contributed by atoms with Crippen LogP contribution in [-0.4, -0.2) is 19.4 Å². The van der Waals surface area contributed by atoms with Crippen LogP contribution in [0, 0.1) is 5.82 Å². The Balaban J connectivity index is 2.21. The highest BCUT2D eigenvalue weighted by Gasteiger charge is 2.12. The predicted octanol–water partition coefficient (Wildman–Crippen LogP) is 3.27. The molecule has 0 heterocycles. The molecule has 2 rings (SSSR count). The molecule has 112 valence electrons. The molecular formula is C17H13FO4. The highest BCUT2D eigenvalue weighted by molar-refractivity contribution is 5.91. The van der Waals surface area contributed by atoms with Gasteiger partial charge in [-0.2, -0.15) is 0 Å². The van der Waals surface area contributed by atoms with Crippen LogP contribution in [-0.2, 0) is 4.79 Å². The first-order chi connectivity index (χ1) is 10.6. The van der Waals surface area contributed by atoms with Crippen LogP contribution in [0.4, 0.5) is 4.39 Å². The van der Waals surface area contributed by atoms with Crippen molar-refractivity contribution in [3.63, 3.8) is 0 Å². The Labute approximate surface area is 126 Å². The van der Waals surface area contributed by atoms with E-state index in [1.165, 1.54) is 37.5 Å². The average molecular weight is 300 g/mol. The van der Waals surface area contributed by atoms with E-state index in [1.54, 1.807) is 24.3 Å². The minimum atomic E-state index is -0.616. The summed E-state index contributed by atoms with van der Waals surface area (Å²) < 4.78 is 23.2. The van der Waals surface area contributed by atoms with Crippen LogP contribution in [0.25, 0.3) is 6.08 Å². The van der Waals surface area contributed by atoms with Crippen molar-refractivity contribution in [1.82, 2.24) is 0 Å². The Bertz CT molecular complexity index is 705. The molecule has 22 heavy (non-hydrogen) atoms. The van der Waals surface area contributed by atoms with Crippen LogP contribution in [0.3, 0.4) is 0 Å². The number of hydrogen-bond donors (Lipinski definition) is 0. The third-order valence-corrected chi connectivity index (χ3v) is 2.84. The van der Waals surface area contributed by atoms with Crippen molar-refractivity contribution in [2.75, 3.05) is 7.11 Å². The van der Waals surface area contributed by atoms with Gasteiger partial charge >= 0.3 is 5.97 Å². The van der Waals surface area contributed by atoms with Gasteiger partial charge in [0, 0.05) is 0 Å². The number of rotatable bonds is 5. The summed E-state index contributed by atoms with van der Waals surface area (Å²) in [7, 11) is 1.44. The molecule has 0 atom stereocenters. The fourth-order valence-electron chi connectivity index (χ4n) is 1.77. The molecule has 0 saturated carbocycles. The van der Waals surface area contributed by atoms with E-state index in [-0.39, 0.29) is 11.3 Å². The van der Waals surface area contributed by atoms with E-state index in [2.05, 4.69) is 0 Å². The molecule has 0 radical (unpaired) electrons. The lowest BCUT2D eigenvalue weighted by Crippen LogP contribution is -2.09. The first-order valence-electron chi connectivity index (χ1n) is 6.41. The van der Waals surface area contributed by atoms with Crippen molar-refractivity contribution in [3.8, 4) is 11.5 Å². The minimum Gasteiger partial charge on any atom is -0.493 e. The summed E-state index contributed by atoms with van der Waals surface area (Å²) in [6.07, 6.45) is 3.61. The molecule has 0 aliphatic rings. The Morgan fingerprint density at radius 1 is 1.09 bits per heavy atom. The van der Waals surface area contributed by atoms with Crippen molar-refractivity contribution in [2.45, 2.75) is 0 Å². The van der Waals surface area contributed by atoms with Gasteiger partial charge in [-0.3, -0.25) is 4.79 Å². The molecule has 0 aliphatic carbocycles. The summed E-state index contributed by atoms with van der Waals surface area (Å²) in [4.78, 5) is 22.3. The number of carbonyl (C=O) groups is 2. The summed E-state index contributed by atoms with van der Waals surface area (Å²) in [5.74, 6) is -0.460. The summed E-state index contributed by atoms with van der Waals surface area (Å²) in [6, 6.07) is 9.91. The highest BCUT2D eigenvalue weighted by Crippen LogP contribution is 2.29. The number of hydrogen-bond acceptors (Lipinski definition) is 4. The van der Waals surface area contributed by atoms with Crippen LogP contribution in [0.1, 0.15) is 15.9 Å². The number of esters is 1. The molecule has 0 unspecified atom stereocenters. The van der Waals surface area contributed by atoms with E-state index in [4.69, 9.17) is 9.47 Å². The maximum atomic E-state index is 12.8. The normalized spacial score (nSPS) is 10.5. The molecule has 2 aromatic carbocycles. The van der Waals surface area contributed by atoms with Crippen molar-refractivity contribution in [1.29, 1.82) is 0 Å². The average Bonchev–Trinajstić information content (AvgIpc) is 2.54. The van der Waals surface area contributed by atoms with Gasteiger partial charge in [-0.05, 0) is 48.0 Å². The molecule has 0 bridgehead atoms. The molecular weight excluding hydrogens is 287 g/mol. The number of halogens is 1. The van der Waals surface area contributed by atoms with Gasteiger partial charge in [0.25, 0.3) is 0 Å². The summed E-state index contributed by atoms with van der Waals surface area (Å²) >= 11 is 0. The predicted molar refractivity (Wildman–Crippen MR) is 79.5 cm³/mol. The topological polar surface area (TPSA) is 52.6 Å². The number of benzene rings is 2. The molecule has 0 amide bonds. The molecule has 0 aromatic heterocycles. The zero-order valence-electron chi connectivity index (χ0n) is 11.8. The van der Waals surface area contributed by atoms with Crippen LogP contribution in [0.15, 0.2) is 48.5 Å². The van der Waals surface area contributed by atoms with Gasteiger partial charge in [-0.25, -0.2) is 9.18 Å². The monoisotopic (exact) mass is 300 g/mol. The van der Waals surface area contributed by atoms with E-state index >= 15 is 0 Å². The van der Waals surface area contributed by atoms with Crippen LogP contribution in [0.5, 0.6) is 11.5 Å². The third kappa shape index (κ3) is 3.79. The maximum absolute atomic E-state index is 12.8. The zero-order valence-corrected chi connectivity index (χ0v) is 11.8. The summed E-state index contributed by atoms with van der Waals surface area (Å²) in [5, 5.41) is 0. The van der Waals surface area contributed by atoms with Gasteiger partial charge in [0.15, 0.2) is 11.5 Å². The van der Waals surface area contributed by atoms with Crippen molar-refractivity contribution in [3.05, 3.63) is 65.5 Å². The van der Waals surface area contributed by atoms with Crippen LogP contribution >= 0.6 is 0 Å². The summed E-state index contributed by atoms with van der Waals surface area (Å²) in [6.45, 7) is 0. The molecule has 0 spiro atoms. The first kappa shape index (κ1) is 15.4. The van der Waals surface area contributed by atoms with Gasteiger partial charge in [0.05, 0.1) is 12.7 Å². The van der Waals surface area contributed by atoms with E-state index in [0.29, 0.717) is 12.0 Å². The number of allylic oxidation sites excluding steroid dienone is 1. The van der Waals surface area contributed by atoms with Crippen molar-refractivity contribution < 1.29 is 23.5 Å². The lowest BCUT2D eigenvalue weighted by molar-refractivity contribution is -0.104. The maximum Gasteiger partial charge on any atom is 0.343 e. The van der Waals surface area contributed by atoms with E-state index in [9.17, 15) is 14.0 Å². The number of ether oxygens (including phenoxy) is 2. The second-order valence-electron chi connectivity index (χ2n) is 4.30. The zero-order chi connectivity index (χ0) is 15.9. The van der Waals surface area contributed by atoms with Gasteiger partial charge < -0.3 is 9.47 Å². The van der Waals surface area contributed by atoms with Crippen LogP contribution in [0.2, 0.25) is 0 Å². The van der Waals surface area contributed by atoms with Crippen molar-refractivity contribution >= 4 is 18.3 Å². The Morgan fingerprint density at radius 2 is 1.82 bits per heavy atom. The second-order valence-corrected chi connectivity index (χ2v) is 4.30. The molecule has 0 fully saturated rings.